The minimum atomic E-state index is -0.735. The van der Waals surface area contributed by atoms with Crippen molar-refractivity contribution in [1.29, 1.82) is 0 Å². The number of rotatable bonds is 6. The molecule has 1 aromatic heterocycles. The van der Waals surface area contributed by atoms with Crippen LogP contribution in [0.4, 0.5) is 0 Å². The molecular formula is C10H15NO2S2. The zero-order valence-electron chi connectivity index (χ0n) is 8.90. The standard InChI is InChI=1S/C10H15NO2S2/c1-3-4-5-8(9(12)13)15-10-11-7(2)6-14-10/h6,8H,3-5H2,1-2H3,(H,12,13). The second kappa shape index (κ2) is 6.12. The van der Waals surface area contributed by atoms with E-state index in [-0.39, 0.29) is 5.25 Å². The van der Waals surface area contributed by atoms with Gasteiger partial charge >= 0.3 is 5.97 Å². The van der Waals surface area contributed by atoms with Crippen molar-refractivity contribution < 1.29 is 9.90 Å². The number of carboxylic acid groups (broad SMARTS) is 1. The summed E-state index contributed by atoms with van der Waals surface area (Å²) < 4.78 is 0.857. The molecule has 1 aromatic rings. The van der Waals surface area contributed by atoms with Gasteiger partial charge in [0.15, 0.2) is 4.34 Å². The molecule has 0 bridgehead atoms. The van der Waals surface area contributed by atoms with Gasteiger partial charge in [0.1, 0.15) is 5.25 Å². The third kappa shape index (κ3) is 4.22. The highest BCUT2D eigenvalue weighted by atomic mass is 32.2. The Bertz CT molecular complexity index is 325. The highest BCUT2D eigenvalue weighted by Crippen LogP contribution is 2.29. The number of carbonyl (C=O) groups is 1. The SMILES string of the molecule is CCCCC(Sc1nc(C)cs1)C(=O)O. The quantitative estimate of drug-likeness (QED) is 0.782. The number of aromatic nitrogens is 1. The van der Waals surface area contributed by atoms with Crippen LogP contribution in [0.3, 0.4) is 0 Å². The lowest BCUT2D eigenvalue weighted by Crippen LogP contribution is -2.15. The van der Waals surface area contributed by atoms with E-state index in [1.807, 2.05) is 12.3 Å². The molecule has 0 spiro atoms. The summed E-state index contributed by atoms with van der Waals surface area (Å²) in [5.41, 5.74) is 0.960. The highest BCUT2D eigenvalue weighted by molar-refractivity contribution is 8.02. The molecule has 0 aliphatic carbocycles. The fourth-order valence-electron chi connectivity index (χ4n) is 1.13. The monoisotopic (exact) mass is 245 g/mol. The van der Waals surface area contributed by atoms with Crippen LogP contribution in [0.1, 0.15) is 31.9 Å². The van der Waals surface area contributed by atoms with E-state index in [1.54, 1.807) is 0 Å². The van der Waals surface area contributed by atoms with Crippen molar-refractivity contribution in [1.82, 2.24) is 4.98 Å². The Hall–Kier alpha value is -0.550. The van der Waals surface area contributed by atoms with Crippen LogP contribution in [0.15, 0.2) is 9.72 Å². The van der Waals surface area contributed by atoms with Crippen LogP contribution in [0.2, 0.25) is 0 Å². The van der Waals surface area contributed by atoms with Crippen LogP contribution in [0, 0.1) is 6.92 Å². The number of carboxylic acids is 1. The summed E-state index contributed by atoms with van der Waals surface area (Å²) >= 11 is 2.88. The molecular weight excluding hydrogens is 230 g/mol. The summed E-state index contributed by atoms with van der Waals surface area (Å²) in [6.07, 6.45) is 2.70. The average molecular weight is 245 g/mol. The molecule has 0 fully saturated rings. The normalized spacial score (nSPS) is 12.7. The van der Waals surface area contributed by atoms with Crippen LogP contribution >= 0.6 is 23.1 Å². The number of hydrogen-bond acceptors (Lipinski definition) is 4. The number of thioether (sulfide) groups is 1. The van der Waals surface area contributed by atoms with Crippen molar-refractivity contribution >= 4 is 29.1 Å². The number of aryl methyl sites for hydroxylation is 1. The van der Waals surface area contributed by atoms with E-state index in [1.165, 1.54) is 23.1 Å². The van der Waals surface area contributed by atoms with Gasteiger partial charge in [-0.3, -0.25) is 4.79 Å². The zero-order valence-corrected chi connectivity index (χ0v) is 10.5. The highest BCUT2D eigenvalue weighted by Gasteiger charge is 2.19. The summed E-state index contributed by atoms with van der Waals surface area (Å²) in [6, 6.07) is 0. The van der Waals surface area contributed by atoms with Gasteiger partial charge in [-0.25, -0.2) is 4.98 Å². The first kappa shape index (κ1) is 12.5. The molecule has 1 atom stereocenters. The fourth-order valence-corrected chi connectivity index (χ4v) is 3.19. The summed E-state index contributed by atoms with van der Waals surface area (Å²) in [6.45, 7) is 3.99. The van der Waals surface area contributed by atoms with Crippen LogP contribution < -0.4 is 0 Å². The van der Waals surface area contributed by atoms with E-state index in [0.29, 0.717) is 0 Å². The molecule has 15 heavy (non-hydrogen) atoms. The second-order valence-electron chi connectivity index (χ2n) is 3.34. The lowest BCUT2D eigenvalue weighted by molar-refractivity contribution is -0.136. The van der Waals surface area contributed by atoms with E-state index >= 15 is 0 Å². The smallest absolute Gasteiger partial charge is 0.317 e. The Morgan fingerprint density at radius 2 is 2.47 bits per heavy atom. The first-order chi connectivity index (χ1) is 7.13. The number of aliphatic carboxylic acids is 1. The van der Waals surface area contributed by atoms with Gasteiger partial charge in [-0.1, -0.05) is 31.5 Å². The van der Waals surface area contributed by atoms with Crippen LogP contribution in [-0.4, -0.2) is 21.3 Å². The van der Waals surface area contributed by atoms with Gasteiger partial charge in [-0.2, -0.15) is 0 Å². The van der Waals surface area contributed by atoms with Crippen molar-refractivity contribution in [3.8, 4) is 0 Å². The molecule has 0 amide bonds. The second-order valence-corrected chi connectivity index (χ2v) is 5.65. The maximum absolute atomic E-state index is 11.0. The van der Waals surface area contributed by atoms with E-state index in [0.717, 1.165) is 29.3 Å². The largest absolute Gasteiger partial charge is 0.480 e. The number of hydrogen-bond donors (Lipinski definition) is 1. The molecule has 1 N–H and O–H groups in total. The van der Waals surface area contributed by atoms with Crippen molar-refractivity contribution in [2.24, 2.45) is 0 Å². The maximum Gasteiger partial charge on any atom is 0.317 e. The van der Waals surface area contributed by atoms with Crippen molar-refractivity contribution in [3.63, 3.8) is 0 Å². The minimum absolute atomic E-state index is 0.351. The van der Waals surface area contributed by atoms with Gasteiger partial charge in [0.25, 0.3) is 0 Å². The average Bonchev–Trinajstić information content (AvgIpc) is 2.58. The van der Waals surface area contributed by atoms with Crippen LogP contribution in [0.5, 0.6) is 0 Å². The van der Waals surface area contributed by atoms with Crippen LogP contribution in [0.25, 0.3) is 0 Å². The Morgan fingerprint density at radius 3 is 2.93 bits per heavy atom. The van der Waals surface area contributed by atoms with E-state index in [4.69, 9.17) is 5.11 Å². The number of nitrogens with zero attached hydrogens (tertiary/aromatic N) is 1. The lowest BCUT2D eigenvalue weighted by Gasteiger charge is -2.08. The molecule has 0 aliphatic rings. The topological polar surface area (TPSA) is 50.2 Å². The zero-order chi connectivity index (χ0) is 11.3. The predicted octanol–water partition coefficient (Wildman–Crippen LogP) is 3.19. The van der Waals surface area contributed by atoms with Gasteiger partial charge in [-0.15, -0.1) is 11.3 Å². The van der Waals surface area contributed by atoms with Gasteiger partial charge in [-0.05, 0) is 13.3 Å². The molecule has 84 valence electrons. The van der Waals surface area contributed by atoms with E-state index in [9.17, 15) is 4.79 Å². The number of thiazole rings is 1. The molecule has 3 nitrogen and oxygen atoms in total. The molecule has 0 saturated carbocycles. The number of unbranched alkanes of at least 4 members (excludes halogenated alkanes) is 1. The molecule has 0 radical (unpaired) electrons. The molecule has 1 unspecified atom stereocenters. The fraction of sp³-hybridized carbons (Fsp3) is 0.600. The third-order valence-electron chi connectivity index (χ3n) is 1.94. The Balaban J connectivity index is 2.54. The summed E-state index contributed by atoms with van der Waals surface area (Å²) in [5.74, 6) is -0.735. The summed E-state index contributed by atoms with van der Waals surface area (Å²) in [4.78, 5) is 15.2. The lowest BCUT2D eigenvalue weighted by atomic mass is 10.2. The molecule has 0 saturated heterocycles. The predicted molar refractivity (Wildman–Crippen MR) is 63.7 cm³/mol. The van der Waals surface area contributed by atoms with Crippen molar-refractivity contribution in [3.05, 3.63) is 11.1 Å². The van der Waals surface area contributed by atoms with Crippen molar-refractivity contribution in [2.45, 2.75) is 42.7 Å². The van der Waals surface area contributed by atoms with Crippen LogP contribution in [-0.2, 0) is 4.79 Å². The molecule has 1 rings (SSSR count). The third-order valence-corrected chi connectivity index (χ3v) is 4.28. The van der Waals surface area contributed by atoms with Gasteiger partial charge in [0, 0.05) is 11.1 Å². The molecule has 0 aromatic carbocycles. The summed E-state index contributed by atoms with van der Waals surface area (Å²) in [7, 11) is 0. The molecule has 0 aliphatic heterocycles. The van der Waals surface area contributed by atoms with E-state index < -0.39 is 5.97 Å². The first-order valence-electron chi connectivity index (χ1n) is 4.95. The first-order valence-corrected chi connectivity index (χ1v) is 6.71. The van der Waals surface area contributed by atoms with E-state index in [2.05, 4.69) is 11.9 Å². The summed E-state index contributed by atoms with van der Waals surface area (Å²) in [5, 5.41) is 10.6. The molecule has 5 heteroatoms. The van der Waals surface area contributed by atoms with Gasteiger partial charge in [0.05, 0.1) is 0 Å². The molecule has 1 heterocycles. The maximum atomic E-state index is 11.0. The van der Waals surface area contributed by atoms with Gasteiger partial charge < -0.3 is 5.11 Å². The Kier molecular flexibility index (Phi) is 5.11. The Labute approximate surface area is 97.9 Å². The Morgan fingerprint density at radius 1 is 1.73 bits per heavy atom. The minimum Gasteiger partial charge on any atom is -0.480 e. The van der Waals surface area contributed by atoms with Crippen molar-refractivity contribution in [2.75, 3.05) is 0 Å². The van der Waals surface area contributed by atoms with Gasteiger partial charge in [0.2, 0.25) is 0 Å².